The number of amides is 1. The van der Waals surface area contributed by atoms with Gasteiger partial charge in [-0.2, -0.15) is 0 Å². The van der Waals surface area contributed by atoms with Crippen LogP contribution in [0.3, 0.4) is 0 Å². The van der Waals surface area contributed by atoms with Crippen molar-refractivity contribution in [3.05, 3.63) is 78.4 Å². The third-order valence-electron chi connectivity index (χ3n) is 5.54. The summed E-state index contributed by atoms with van der Waals surface area (Å²) in [6, 6.07) is 24.2. The molecule has 29 heavy (non-hydrogen) atoms. The molecule has 0 saturated carbocycles. The maximum atomic E-state index is 13.1. The molecule has 1 atom stereocenters. The van der Waals surface area contributed by atoms with Crippen molar-refractivity contribution in [2.24, 2.45) is 0 Å². The van der Waals surface area contributed by atoms with E-state index < -0.39 is 0 Å². The molecular weight excluding hydrogens is 360 g/mol. The lowest BCUT2D eigenvalue weighted by atomic mass is 9.95. The summed E-state index contributed by atoms with van der Waals surface area (Å²) in [7, 11) is 0. The van der Waals surface area contributed by atoms with Crippen LogP contribution in [-0.4, -0.2) is 47.2 Å². The lowest BCUT2D eigenvalue weighted by Crippen LogP contribution is -2.50. The molecule has 1 amide bonds. The third kappa shape index (κ3) is 4.29. The Labute approximate surface area is 172 Å². The van der Waals surface area contributed by atoms with Crippen molar-refractivity contribution in [2.45, 2.75) is 19.3 Å². The van der Waals surface area contributed by atoms with Crippen molar-refractivity contribution in [1.29, 1.82) is 0 Å². The fourth-order valence-corrected chi connectivity index (χ4v) is 3.87. The predicted octanol–water partition coefficient (Wildman–Crippen LogP) is 3.99. The molecule has 3 aromatic rings. The van der Waals surface area contributed by atoms with Crippen molar-refractivity contribution < 1.29 is 4.79 Å². The first-order valence-corrected chi connectivity index (χ1v) is 10.2. The highest BCUT2D eigenvalue weighted by molar-refractivity contribution is 5.84. The molecule has 1 aliphatic rings. The zero-order chi connectivity index (χ0) is 20.1. The molecule has 0 bridgehead atoms. The van der Waals surface area contributed by atoms with E-state index >= 15 is 0 Å². The molecule has 1 aliphatic heterocycles. The monoisotopic (exact) mass is 386 g/mol. The highest BCUT2D eigenvalue weighted by atomic mass is 16.2. The van der Waals surface area contributed by atoms with E-state index in [0.29, 0.717) is 13.1 Å². The number of hydrogen-bond acceptors (Lipinski definition) is 4. The number of hydrogen-bond donors (Lipinski definition) is 0. The van der Waals surface area contributed by atoms with Crippen LogP contribution in [0.4, 0.5) is 5.82 Å². The predicted molar refractivity (Wildman–Crippen MR) is 116 cm³/mol. The fraction of sp³-hybridized carbons (Fsp3) is 0.292. The summed E-state index contributed by atoms with van der Waals surface area (Å²) >= 11 is 0. The van der Waals surface area contributed by atoms with Gasteiger partial charge in [0.2, 0.25) is 5.91 Å². The number of carbonyl (C=O) groups is 1. The Morgan fingerprint density at radius 3 is 2.10 bits per heavy atom. The van der Waals surface area contributed by atoms with E-state index in [2.05, 4.69) is 22.0 Å². The van der Waals surface area contributed by atoms with Gasteiger partial charge in [0.05, 0.1) is 11.6 Å². The minimum absolute atomic E-state index is 0.0623. The maximum Gasteiger partial charge on any atom is 0.230 e. The summed E-state index contributed by atoms with van der Waals surface area (Å²) < 4.78 is 0. The molecule has 1 aromatic heterocycles. The Bertz CT molecular complexity index is 920. The van der Waals surface area contributed by atoms with Gasteiger partial charge in [-0.3, -0.25) is 4.79 Å². The van der Waals surface area contributed by atoms with E-state index in [1.165, 1.54) is 0 Å². The van der Waals surface area contributed by atoms with Crippen LogP contribution in [0.1, 0.15) is 24.8 Å². The van der Waals surface area contributed by atoms with E-state index in [4.69, 9.17) is 0 Å². The van der Waals surface area contributed by atoms with Crippen LogP contribution >= 0.6 is 0 Å². The van der Waals surface area contributed by atoms with Crippen molar-refractivity contribution in [2.75, 3.05) is 31.1 Å². The summed E-state index contributed by atoms with van der Waals surface area (Å²) in [5.74, 6) is 1.03. The Morgan fingerprint density at radius 2 is 1.52 bits per heavy atom. The van der Waals surface area contributed by atoms with Gasteiger partial charge in [-0.05, 0) is 24.1 Å². The first-order chi connectivity index (χ1) is 14.3. The lowest BCUT2D eigenvalue weighted by Gasteiger charge is -2.36. The minimum Gasteiger partial charge on any atom is -0.352 e. The van der Waals surface area contributed by atoms with Crippen molar-refractivity contribution in [3.8, 4) is 11.3 Å². The Balaban J connectivity index is 1.38. The molecule has 0 aliphatic carbocycles. The molecule has 5 heteroatoms. The molecule has 4 rings (SSSR count). The van der Waals surface area contributed by atoms with Gasteiger partial charge in [-0.15, -0.1) is 10.2 Å². The van der Waals surface area contributed by atoms with Gasteiger partial charge < -0.3 is 9.80 Å². The van der Waals surface area contributed by atoms with E-state index in [1.807, 2.05) is 77.7 Å². The number of nitrogens with zero attached hydrogens (tertiary/aromatic N) is 4. The van der Waals surface area contributed by atoms with Gasteiger partial charge in [0.25, 0.3) is 0 Å². The van der Waals surface area contributed by atoms with Gasteiger partial charge in [0.15, 0.2) is 5.82 Å². The second kappa shape index (κ2) is 8.86. The number of benzene rings is 2. The smallest absolute Gasteiger partial charge is 0.230 e. The van der Waals surface area contributed by atoms with Crippen molar-refractivity contribution in [1.82, 2.24) is 15.1 Å². The first kappa shape index (κ1) is 19.1. The highest BCUT2D eigenvalue weighted by Gasteiger charge is 2.27. The summed E-state index contributed by atoms with van der Waals surface area (Å²) in [6.07, 6.45) is 0.815. The van der Waals surface area contributed by atoms with Crippen LogP contribution < -0.4 is 4.90 Å². The van der Waals surface area contributed by atoms with Crippen LogP contribution in [0.2, 0.25) is 0 Å². The Kier molecular flexibility index (Phi) is 5.84. The SMILES string of the molecule is CCC(C(=O)N1CCN(c2ccc(-c3ccccc3)nn2)CC1)c1ccccc1. The van der Waals surface area contributed by atoms with Crippen LogP contribution in [0.25, 0.3) is 11.3 Å². The van der Waals surface area contributed by atoms with Gasteiger partial charge >= 0.3 is 0 Å². The molecule has 1 fully saturated rings. The zero-order valence-electron chi connectivity index (χ0n) is 16.7. The number of rotatable bonds is 5. The largest absolute Gasteiger partial charge is 0.352 e. The van der Waals surface area contributed by atoms with Crippen LogP contribution in [0.5, 0.6) is 0 Å². The maximum absolute atomic E-state index is 13.1. The second-order valence-electron chi connectivity index (χ2n) is 7.33. The highest BCUT2D eigenvalue weighted by Crippen LogP contribution is 2.24. The zero-order valence-corrected chi connectivity index (χ0v) is 16.7. The van der Waals surface area contributed by atoms with E-state index in [1.54, 1.807) is 0 Å². The Hall–Kier alpha value is -3.21. The van der Waals surface area contributed by atoms with Gasteiger partial charge in [-0.25, -0.2) is 0 Å². The molecule has 5 nitrogen and oxygen atoms in total. The number of aromatic nitrogens is 2. The third-order valence-corrected chi connectivity index (χ3v) is 5.54. The molecular formula is C24H26N4O. The quantitative estimate of drug-likeness (QED) is 0.665. The lowest BCUT2D eigenvalue weighted by molar-refractivity contribution is -0.133. The first-order valence-electron chi connectivity index (χ1n) is 10.2. The van der Waals surface area contributed by atoms with Gasteiger partial charge in [0, 0.05) is 31.7 Å². The summed E-state index contributed by atoms with van der Waals surface area (Å²) in [4.78, 5) is 17.2. The molecule has 148 valence electrons. The Morgan fingerprint density at radius 1 is 0.862 bits per heavy atom. The van der Waals surface area contributed by atoms with Crippen LogP contribution in [0.15, 0.2) is 72.8 Å². The normalized spacial score (nSPS) is 15.2. The van der Waals surface area contributed by atoms with E-state index in [9.17, 15) is 4.79 Å². The number of piperazine rings is 1. The van der Waals surface area contributed by atoms with E-state index in [0.717, 1.165) is 42.1 Å². The average Bonchev–Trinajstić information content (AvgIpc) is 2.81. The molecule has 0 radical (unpaired) electrons. The molecule has 0 N–H and O–H groups in total. The molecule has 1 saturated heterocycles. The van der Waals surface area contributed by atoms with Crippen LogP contribution in [0, 0.1) is 0 Å². The fourth-order valence-electron chi connectivity index (χ4n) is 3.87. The van der Waals surface area contributed by atoms with Crippen molar-refractivity contribution in [3.63, 3.8) is 0 Å². The summed E-state index contributed by atoms with van der Waals surface area (Å²) in [5, 5.41) is 8.81. The minimum atomic E-state index is -0.0623. The van der Waals surface area contributed by atoms with Gasteiger partial charge in [-0.1, -0.05) is 67.6 Å². The standard InChI is InChI=1S/C24H26N4O/c1-2-21(19-9-5-3-6-10-19)24(29)28-17-15-27(16-18-28)23-14-13-22(25-26-23)20-11-7-4-8-12-20/h3-14,21H,2,15-18H2,1H3. The molecule has 1 unspecified atom stereocenters. The number of carbonyl (C=O) groups excluding carboxylic acids is 1. The van der Waals surface area contributed by atoms with Gasteiger partial charge in [0.1, 0.15) is 0 Å². The summed E-state index contributed by atoms with van der Waals surface area (Å²) in [5.41, 5.74) is 3.04. The van der Waals surface area contributed by atoms with Crippen LogP contribution in [-0.2, 0) is 4.79 Å². The number of anilines is 1. The molecule has 2 heterocycles. The topological polar surface area (TPSA) is 49.3 Å². The second-order valence-corrected chi connectivity index (χ2v) is 7.33. The molecule has 0 spiro atoms. The van der Waals surface area contributed by atoms with Crippen molar-refractivity contribution >= 4 is 11.7 Å². The van der Waals surface area contributed by atoms with E-state index in [-0.39, 0.29) is 11.8 Å². The summed E-state index contributed by atoms with van der Waals surface area (Å²) in [6.45, 7) is 5.05. The molecule has 2 aromatic carbocycles. The average molecular weight is 386 g/mol.